The van der Waals surface area contributed by atoms with Gasteiger partial charge < -0.3 is 14.9 Å². The molecule has 1 fully saturated rings. The van der Waals surface area contributed by atoms with E-state index in [2.05, 4.69) is 15.9 Å². The van der Waals surface area contributed by atoms with Gasteiger partial charge in [-0.1, -0.05) is 15.9 Å². The fraction of sp³-hybridized carbons (Fsp3) is 0.385. The van der Waals surface area contributed by atoms with E-state index in [1.165, 1.54) is 0 Å². The van der Waals surface area contributed by atoms with Crippen LogP contribution in [0.25, 0.3) is 0 Å². The van der Waals surface area contributed by atoms with Gasteiger partial charge in [0.1, 0.15) is 0 Å². The molecule has 1 atom stereocenters. The average molecular weight is 362 g/mol. The summed E-state index contributed by atoms with van der Waals surface area (Å²) >= 11 is 3.35. The van der Waals surface area contributed by atoms with Crippen LogP contribution in [0.2, 0.25) is 0 Å². The van der Waals surface area contributed by atoms with E-state index < -0.39 is 16.5 Å². The highest BCUT2D eigenvalue weighted by molar-refractivity contribution is 9.10. The fourth-order valence-corrected chi connectivity index (χ4v) is 3.86. The standard InChI is InChI=1S/C13H16BrNO4S/c14-10-1-3-11(4-2-10)20(9-12(16)17)13(18)15-5-7-19-8-6-15/h1-4,18H,5-9H2,(H,16,17). The Morgan fingerprint density at radius 3 is 2.40 bits per heavy atom. The van der Waals surface area contributed by atoms with Gasteiger partial charge >= 0.3 is 5.97 Å². The molecule has 1 aromatic rings. The maximum absolute atomic E-state index is 11.1. The van der Waals surface area contributed by atoms with Crippen molar-refractivity contribution < 1.29 is 19.7 Å². The van der Waals surface area contributed by atoms with Gasteiger partial charge in [-0.15, -0.1) is 10.5 Å². The third kappa shape index (κ3) is 4.13. The van der Waals surface area contributed by atoms with Crippen molar-refractivity contribution in [1.82, 2.24) is 4.90 Å². The summed E-state index contributed by atoms with van der Waals surface area (Å²) < 4.78 is 6.17. The molecule has 1 aliphatic heterocycles. The van der Waals surface area contributed by atoms with Crippen LogP contribution in [-0.4, -0.2) is 58.3 Å². The van der Waals surface area contributed by atoms with E-state index in [4.69, 9.17) is 9.84 Å². The van der Waals surface area contributed by atoms with Gasteiger partial charge in [0.25, 0.3) is 0 Å². The Bertz CT molecular complexity index is 512. The average Bonchev–Trinajstić information content (AvgIpc) is 2.46. The number of hydrogen-bond acceptors (Lipinski definition) is 2. The number of aliphatic hydroxyl groups excluding tert-OH is 1. The Labute approximate surface area is 128 Å². The summed E-state index contributed by atoms with van der Waals surface area (Å²) in [5.41, 5.74) is 0. The largest absolute Gasteiger partial charge is 0.481 e. The molecule has 2 N–H and O–H groups in total. The van der Waals surface area contributed by atoms with Gasteiger partial charge in [-0.2, -0.15) is 0 Å². The van der Waals surface area contributed by atoms with Crippen LogP contribution < -0.4 is 0 Å². The van der Waals surface area contributed by atoms with Crippen LogP contribution in [0.1, 0.15) is 0 Å². The van der Waals surface area contributed by atoms with Crippen molar-refractivity contribution in [3.63, 3.8) is 0 Å². The number of halogens is 1. The Balaban J connectivity index is 2.34. The number of aliphatic carboxylic acids is 1. The van der Waals surface area contributed by atoms with Crippen LogP contribution >= 0.6 is 26.4 Å². The monoisotopic (exact) mass is 361 g/mol. The molecular weight excluding hydrogens is 346 g/mol. The molecule has 0 saturated carbocycles. The van der Waals surface area contributed by atoms with Crippen molar-refractivity contribution in [3.8, 4) is 0 Å². The second-order valence-corrected chi connectivity index (χ2v) is 7.09. The molecule has 1 aliphatic rings. The van der Waals surface area contributed by atoms with E-state index in [1.54, 1.807) is 4.90 Å². The molecule has 0 spiro atoms. The maximum atomic E-state index is 11.1. The number of hydrogen-bond donors (Lipinski definition) is 2. The molecule has 2 rings (SSSR count). The number of morpholine rings is 1. The second-order valence-electron chi connectivity index (χ2n) is 4.26. The summed E-state index contributed by atoms with van der Waals surface area (Å²) in [5, 5.41) is 19.6. The van der Waals surface area contributed by atoms with Crippen LogP contribution in [0.15, 0.2) is 33.6 Å². The normalized spacial score (nSPS) is 18.6. The molecule has 1 saturated heterocycles. The van der Waals surface area contributed by atoms with Crippen LogP contribution in [-0.2, 0) is 9.53 Å². The molecule has 0 radical (unpaired) electrons. The SMILES string of the molecule is O=C(O)CS(=C(O)N1CCOCC1)c1ccc(Br)cc1. The minimum absolute atomic E-state index is 0.106. The van der Waals surface area contributed by atoms with Crippen molar-refractivity contribution in [2.24, 2.45) is 0 Å². The molecule has 0 amide bonds. The first-order valence-electron chi connectivity index (χ1n) is 6.15. The topological polar surface area (TPSA) is 70.0 Å². The molecule has 1 aromatic carbocycles. The Kier molecular flexibility index (Phi) is 5.74. The zero-order chi connectivity index (χ0) is 14.5. The van der Waals surface area contributed by atoms with E-state index in [0.29, 0.717) is 26.3 Å². The van der Waals surface area contributed by atoms with E-state index in [0.717, 1.165) is 9.37 Å². The number of benzene rings is 1. The molecule has 20 heavy (non-hydrogen) atoms. The number of carboxylic acids is 1. The van der Waals surface area contributed by atoms with Gasteiger partial charge in [0.05, 0.1) is 19.0 Å². The first-order chi connectivity index (χ1) is 9.58. The number of carboxylic acid groups (broad SMARTS) is 1. The van der Waals surface area contributed by atoms with Crippen molar-refractivity contribution >= 4 is 37.6 Å². The maximum Gasteiger partial charge on any atom is 0.313 e. The molecular formula is C13H16BrNO4S. The van der Waals surface area contributed by atoms with E-state index in [-0.39, 0.29) is 10.9 Å². The highest BCUT2D eigenvalue weighted by atomic mass is 79.9. The Morgan fingerprint density at radius 1 is 1.25 bits per heavy atom. The summed E-state index contributed by atoms with van der Waals surface area (Å²) in [6.45, 7) is 2.28. The summed E-state index contributed by atoms with van der Waals surface area (Å²) in [6, 6.07) is 7.38. The molecule has 1 unspecified atom stereocenters. The van der Waals surface area contributed by atoms with Crippen molar-refractivity contribution in [2.75, 3.05) is 32.1 Å². The fourth-order valence-electron chi connectivity index (χ4n) is 1.89. The molecule has 1 heterocycles. The third-order valence-corrected chi connectivity index (χ3v) is 5.47. The number of nitrogens with zero attached hydrogens (tertiary/aromatic N) is 1. The summed E-state index contributed by atoms with van der Waals surface area (Å²) in [7, 11) is -0.846. The zero-order valence-corrected chi connectivity index (χ0v) is 13.2. The van der Waals surface area contributed by atoms with Gasteiger partial charge in [0, 0.05) is 22.5 Å². The molecule has 7 heteroatoms. The predicted molar refractivity (Wildman–Crippen MR) is 82.5 cm³/mol. The molecule has 0 aliphatic carbocycles. The first-order valence-corrected chi connectivity index (χ1v) is 8.33. The predicted octanol–water partition coefficient (Wildman–Crippen LogP) is 2.14. The second kappa shape index (κ2) is 7.33. The smallest absolute Gasteiger partial charge is 0.313 e. The van der Waals surface area contributed by atoms with Crippen LogP contribution in [0, 0.1) is 0 Å². The van der Waals surface area contributed by atoms with Gasteiger partial charge in [-0.3, -0.25) is 4.79 Å². The van der Waals surface area contributed by atoms with E-state index in [1.807, 2.05) is 24.3 Å². The molecule has 5 nitrogen and oxygen atoms in total. The minimum atomic E-state index is -0.920. The summed E-state index contributed by atoms with van der Waals surface area (Å²) in [4.78, 5) is 13.7. The van der Waals surface area contributed by atoms with E-state index >= 15 is 0 Å². The number of ether oxygens (including phenoxy) is 1. The first kappa shape index (κ1) is 15.7. The molecule has 0 aromatic heterocycles. The van der Waals surface area contributed by atoms with Crippen molar-refractivity contribution in [2.45, 2.75) is 4.90 Å². The van der Waals surface area contributed by atoms with Gasteiger partial charge in [-0.25, -0.2) is 4.90 Å². The van der Waals surface area contributed by atoms with Gasteiger partial charge in [-0.05, 0) is 24.3 Å². The molecule has 110 valence electrons. The Morgan fingerprint density at radius 2 is 1.85 bits per heavy atom. The minimum Gasteiger partial charge on any atom is -0.481 e. The van der Waals surface area contributed by atoms with Crippen LogP contribution in [0.5, 0.6) is 0 Å². The number of carbonyl (C=O) groups is 1. The lowest BCUT2D eigenvalue weighted by atomic mass is 10.4. The summed E-state index contributed by atoms with van der Waals surface area (Å²) in [5.74, 6) is -1.03. The van der Waals surface area contributed by atoms with Gasteiger partial charge in [0.2, 0.25) is 0 Å². The lowest BCUT2D eigenvalue weighted by molar-refractivity contribution is -0.133. The Hall–Kier alpha value is -0.730. The van der Waals surface area contributed by atoms with Crippen LogP contribution in [0.4, 0.5) is 0 Å². The van der Waals surface area contributed by atoms with Crippen LogP contribution in [0.3, 0.4) is 0 Å². The van der Waals surface area contributed by atoms with Gasteiger partial charge in [0.15, 0.2) is 5.17 Å². The lowest BCUT2D eigenvalue weighted by Crippen LogP contribution is -2.41. The number of rotatable bonds is 3. The third-order valence-electron chi connectivity index (χ3n) is 2.87. The zero-order valence-electron chi connectivity index (χ0n) is 10.8. The highest BCUT2D eigenvalue weighted by Gasteiger charge is 2.19. The van der Waals surface area contributed by atoms with Crippen molar-refractivity contribution in [1.29, 1.82) is 0 Å². The van der Waals surface area contributed by atoms with E-state index in [9.17, 15) is 9.90 Å². The van der Waals surface area contributed by atoms with Crippen molar-refractivity contribution in [3.05, 3.63) is 28.7 Å². The lowest BCUT2D eigenvalue weighted by Gasteiger charge is -2.27. The number of aliphatic hydroxyl groups is 1. The quantitative estimate of drug-likeness (QED) is 0.807. The highest BCUT2D eigenvalue weighted by Crippen LogP contribution is 2.30. The summed E-state index contributed by atoms with van der Waals surface area (Å²) in [6.07, 6.45) is 0. The molecule has 0 bridgehead atoms.